The molecule has 108 valence electrons. The maximum atomic E-state index is 11.4. The molecule has 0 spiro atoms. The fourth-order valence-corrected chi connectivity index (χ4v) is 1.89. The Kier molecular flexibility index (Phi) is 6.24. The van der Waals surface area contributed by atoms with Gasteiger partial charge in [-0.05, 0) is 39.7 Å². The van der Waals surface area contributed by atoms with Crippen molar-refractivity contribution in [3.8, 4) is 5.75 Å². The van der Waals surface area contributed by atoms with Crippen LogP contribution in [-0.4, -0.2) is 42.6 Å². The van der Waals surface area contributed by atoms with E-state index in [2.05, 4.69) is 15.9 Å². The van der Waals surface area contributed by atoms with Crippen molar-refractivity contribution in [2.75, 3.05) is 20.7 Å². The number of carbonyl (C=O) groups excluding carboxylic acids is 1. The highest BCUT2D eigenvalue weighted by Crippen LogP contribution is 2.26. The summed E-state index contributed by atoms with van der Waals surface area (Å²) in [7, 11) is 3.39. The average molecular weight is 342 g/mol. The van der Waals surface area contributed by atoms with Crippen LogP contribution in [0.4, 0.5) is 0 Å². The molecular weight excluding hydrogens is 326 g/mol. The van der Waals surface area contributed by atoms with Gasteiger partial charge in [-0.25, -0.2) is 4.79 Å². The molecule has 20 heavy (non-hydrogen) atoms. The van der Waals surface area contributed by atoms with E-state index < -0.39 is 5.97 Å². The van der Waals surface area contributed by atoms with Crippen LogP contribution in [0.2, 0.25) is 0 Å². The minimum Gasteiger partial charge on any atom is -0.492 e. The maximum Gasteiger partial charge on any atom is 0.328 e. The molecule has 1 rings (SSSR count). The third-order valence-corrected chi connectivity index (χ3v) is 3.07. The lowest BCUT2D eigenvalue weighted by atomic mass is 10.2. The molecule has 0 bridgehead atoms. The SMILES string of the molecule is CN(C)C(=O)CCOc1ccc(C=CC(=O)O)cc1Br. The number of hydrogen-bond acceptors (Lipinski definition) is 3. The van der Waals surface area contributed by atoms with Gasteiger partial charge in [0.25, 0.3) is 0 Å². The Morgan fingerprint density at radius 3 is 2.65 bits per heavy atom. The van der Waals surface area contributed by atoms with Crippen LogP contribution in [-0.2, 0) is 9.59 Å². The zero-order valence-electron chi connectivity index (χ0n) is 11.3. The molecule has 0 aliphatic carbocycles. The number of rotatable bonds is 6. The van der Waals surface area contributed by atoms with E-state index in [4.69, 9.17) is 9.84 Å². The first-order valence-electron chi connectivity index (χ1n) is 5.93. The van der Waals surface area contributed by atoms with Gasteiger partial charge in [-0.2, -0.15) is 0 Å². The van der Waals surface area contributed by atoms with Crippen molar-refractivity contribution in [1.29, 1.82) is 0 Å². The number of benzene rings is 1. The Morgan fingerprint density at radius 2 is 2.10 bits per heavy atom. The van der Waals surface area contributed by atoms with E-state index in [1.54, 1.807) is 32.3 Å². The molecule has 6 heteroatoms. The lowest BCUT2D eigenvalue weighted by Gasteiger charge is -2.12. The summed E-state index contributed by atoms with van der Waals surface area (Å²) in [6.07, 6.45) is 2.87. The first-order chi connectivity index (χ1) is 9.40. The lowest BCUT2D eigenvalue weighted by Crippen LogP contribution is -2.23. The van der Waals surface area contributed by atoms with Crippen molar-refractivity contribution in [3.05, 3.63) is 34.3 Å². The molecule has 0 unspecified atom stereocenters. The summed E-state index contributed by atoms with van der Waals surface area (Å²) in [5, 5.41) is 8.55. The largest absolute Gasteiger partial charge is 0.492 e. The monoisotopic (exact) mass is 341 g/mol. The summed E-state index contributed by atoms with van der Waals surface area (Å²) in [4.78, 5) is 23.3. The Hall–Kier alpha value is -1.82. The Bertz CT molecular complexity index is 526. The van der Waals surface area contributed by atoms with Gasteiger partial charge in [-0.3, -0.25) is 4.79 Å². The molecule has 0 atom stereocenters. The molecule has 0 heterocycles. The number of ether oxygens (including phenoxy) is 1. The summed E-state index contributed by atoms with van der Waals surface area (Å²) in [5.41, 5.74) is 0.746. The summed E-state index contributed by atoms with van der Waals surface area (Å²) in [6.45, 7) is 0.292. The van der Waals surface area contributed by atoms with Gasteiger partial charge in [0, 0.05) is 20.2 Å². The van der Waals surface area contributed by atoms with E-state index >= 15 is 0 Å². The maximum absolute atomic E-state index is 11.4. The quantitative estimate of drug-likeness (QED) is 0.807. The molecule has 0 aliphatic rings. The van der Waals surface area contributed by atoms with E-state index in [1.165, 1.54) is 11.0 Å². The number of carboxylic acids is 1. The van der Waals surface area contributed by atoms with Crippen LogP contribution >= 0.6 is 15.9 Å². The number of aliphatic carboxylic acids is 1. The van der Waals surface area contributed by atoms with Crippen LogP contribution in [0.3, 0.4) is 0 Å². The minimum absolute atomic E-state index is 0.00198. The third-order valence-electron chi connectivity index (χ3n) is 2.45. The first kappa shape index (κ1) is 16.2. The van der Waals surface area contributed by atoms with Crippen LogP contribution in [0.1, 0.15) is 12.0 Å². The molecule has 1 N–H and O–H groups in total. The van der Waals surface area contributed by atoms with E-state index in [0.717, 1.165) is 11.6 Å². The molecule has 1 amide bonds. The first-order valence-corrected chi connectivity index (χ1v) is 6.73. The van der Waals surface area contributed by atoms with Crippen LogP contribution in [0, 0.1) is 0 Å². The highest BCUT2D eigenvalue weighted by Gasteiger charge is 2.06. The average Bonchev–Trinajstić information content (AvgIpc) is 2.38. The Labute approximate surface area is 126 Å². The van der Waals surface area contributed by atoms with E-state index in [1.807, 2.05) is 0 Å². The van der Waals surface area contributed by atoms with Crippen molar-refractivity contribution in [2.45, 2.75) is 6.42 Å². The van der Waals surface area contributed by atoms with E-state index in [9.17, 15) is 9.59 Å². The number of halogens is 1. The second-order valence-corrected chi connectivity index (χ2v) is 5.10. The molecule has 0 saturated carbocycles. The number of carboxylic acid groups (broad SMARTS) is 1. The second kappa shape index (κ2) is 7.69. The molecule has 1 aromatic rings. The van der Waals surface area contributed by atoms with Crippen molar-refractivity contribution in [3.63, 3.8) is 0 Å². The van der Waals surface area contributed by atoms with Gasteiger partial charge in [0.05, 0.1) is 17.5 Å². The van der Waals surface area contributed by atoms with Crippen LogP contribution in [0.15, 0.2) is 28.7 Å². The van der Waals surface area contributed by atoms with Crippen LogP contribution in [0.5, 0.6) is 5.75 Å². The molecule has 0 aromatic heterocycles. The number of amides is 1. The fraction of sp³-hybridized carbons (Fsp3) is 0.286. The van der Waals surface area contributed by atoms with Gasteiger partial charge < -0.3 is 14.7 Å². The lowest BCUT2D eigenvalue weighted by molar-refractivity contribution is -0.131. The molecule has 5 nitrogen and oxygen atoms in total. The number of carbonyl (C=O) groups is 2. The predicted molar refractivity (Wildman–Crippen MR) is 79.6 cm³/mol. The van der Waals surface area contributed by atoms with Crippen molar-refractivity contribution in [1.82, 2.24) is 4.90 Å². The Morgan fingerprint density at radius 1 is 1.40 bits per heavy atom. The Balaban J connectivity index is 2.60. The summed E-state index contributed by atoms with van der Waals surface area (Å²) in [5.74, 6) is -0.380. The van der Waals surface area contributed by atoms with Gasteiger partial charge >= 0.3 is 5.97 Å². The number of hydrogen-bond donors (Lipinski definition) is 1. The van der Waals surface area contributed by atoms with Gasteiger partial charge in [0.15, 0.2) is 0 Å². The topological polar surface area (TPSA) is 66.8 Å². The molecular formula is C14H16BrNO4. The zero-order chi connectivity index (χ0) is 15.1. The predicted octanol–water partition coefficient (Wildman–Crippen LogP) is 2.40. The smallest absolute Gasteiger partial charge is 0.328 e. The van der Waals surface area contributed by atoms with Gasteiger partial charge in [0.2, 0.25) is 5.91 Å². The summed E-state index contributed by atoms with van der Waals surface area (Å²) < 4.78 is 6.21. The number of nitrogens with zero attached hydrogens (tertiary/aromatic N) is 1. The second-order valence-electron chi connectivity index (χ2n) is 4.25. The fourth-order valence-electron chi connectivity index (χ4n) is 1.38. The standard InChI is InChI=1S/C14H16BrNO4/c1-16(2)13(17)7-8-20-12-5-3-10(9-11(12)15)4-6-14(18)19/h3-6,9H,7-8H2,1-2H3,(H,18,19). The minimum atomic E-state index is -0.997. The summed E-state index contributed by atoms with van der Waals surface area (Å²) >= 11 is 3.35. The van der Waals surface area contributed by atoms with Crippen LogP contribution in [0.25, 0.3) is 6.08 Å². The van der Waals surface area contributed by atoms with Gasteiger partial charge in [-0.1, -0.05) is 6.07 Å². The van der Waals surface area contributed by atoms with Crippen molar-refractivity contribution >= 4 is 33.9 Å². The molecule has 0 radical (unpaired) electrons. The highest BCUT2D eigenvalue weighted by atomic mass is 79.9. The van der Waals surface area contributed by atoms with Crippen molar-refractivity contribution < 1.29 is 19.4 Å². The zero-order valence-corrected chi connectivity index (χ0v) is 12.9. The molecule has 0 saturated heterocycles. The van der Waals surface area contributed by atoms with E-state index in [-0.39, 0.29) is 5.91 Å². The molecule has 0 fully saturated rings. The molecule has 0 aliphatic heterocycles. The van der Waals surface area contributed by atoms with E-state index in [0.29, 0.717) is 23.2 Å². The van der Waals surface area contributed by atoms with Gasteiger partial charge in [0.1, 0.15) is 5.75 Å². The molecule has 1 aromatic carbocycles. The highest BCUT2D eigenvalue weighted by molar-refractivity contribution is 9.10. The van der Waals surface area contributed by atoms with Gasteiger partial charge in [-0.15, -0.1) is 0 Å². The third kappa shape index (κ3) is 5.44. The van der Waals surface area contributed by atoms with Crippen LogP contribution < -0.4 is 4.74 Å². The van der Waals surface area contributed by atoms with Crippen molar-refractivity contribution in [2.24, 2.45) is 0 Å². The normalized spacial score (nSPS) is 10.6. The summed E-state index contributed by atoms with van der Waals surface area (Å²) in [6, 6.07) is 5.22.